The molecule has 3 nitrogen and oxygen atoms in total. The van der Waals surface area contributed by atoms with Crippen LogP contribution in [0.4, 0.5) is 0 Å². The van der Waals surface area contributed by atoms with Gasteiger partial charge in [-0.25, -0.2) is 4.98 Å². The highest BCUT2D eigenvalue weighted by Gasteiger charge is 2.32. The first-order valence-corrected chi connectivity index (χ1v) is 6.80. The molecule has 2 rings (SSSR count). The summed E-state index contributed by atoms with van der Waals surface area (Å²) >= 11 is 1.53. The number of hydrogen-bond donors (Lipinski definition) is 2. The second-order valence-corrected chi connectivity index (χ2v) is 5.34. The van der Waals surface area contributed by atoms with Crippen LogP contribution in [0.1, 0.15) is 16.8 Å². The molecule has 0 unspecified atom stereocenters. The van der Waals surface area contributed by atoms with Gasteiger partial charge in [0.2, 0.25) is 0 Å². The van der Waals surface area contributed by atoms with Gasteiger partial charge in [-0.3, -0.25) is 0 Å². The van der Waals surface area contributed by atoms with E-state index in [2.05, 4.69) is 4.98 Å². The van der Waals surface area contributed by atoms with E-state index in [0.717, 1.165) is 16.8 Å². The molecule has 1 aromatic heterocycles. The Hall–Kier alpha value is -1.23. The maximum absolute atomic E-state index is 9.74. The van der Waals surface area contributed by atoms with Crippen LogP contribution in [0, 0.1) is 6.92 Å². The van der Waals surface area contributed by atoms with Crippen molar-refractivity contribution in [2.45, 2.75) is 18.8 Å². The van der Waals surface area contributed by atoms with Gasteiger partial charge in [0.1, 0.15) is 0 Å². The minimum absolute atomic E-state index is 0.0928. The molecule has 2 N–H and O–H groups in total. The van der Waals surface area contributed by atoms with Gasteiger partial charge in [0.25, 0.3) is 0 Å². The second-order valence-electron chi connectivity index (χ2n) is 4.62. The fourth-order valence-corrected chi connectivity index (χ4v) is 2.65. The van der Waals surface area contributed by atoms with Crippen molar-refractivity contribution in [1.29, 1.82) is 0 Å². The number of aromatic nitrogens is 1. The van der Waals surface area contributed by atoms with Crippen molar-refractivity contribution in [2.75, 3.05) is 13.2 Å². The van der Waals surface area contributed by atoms with Gasteiger partial charge < -0.3 is 10.2 Å². The number of aliphatic hydroxyl groups is 2. The summed E-state index contributed by atoms with van der Waals surface area (Å²) in [7, 11) is 0. The molecule has 0 amide bonds. The molecule has 0 aliphatic rings. The molecule has 0 aliphatic carbocycles. The van der Waals surface area contributed by atoms with Crippen molar-refractivity contribution >= 4 is 11.3 Å². The lowest BCUT2D eigenvalue weighted by Gasteiger charge is -2.30. The third-order valence-corrected chi connectivity index (χ3v) is 3.87. The number of aryl methyl sites for hydroxylation is 1. The zero-order valence-corrected chi connectivity index (χ0v) is 11.2. The van der Waals surface area contributed by atoms with Gasteiger partial charge in [-0.1, -0.05) is 29.8 Å². The number of aliphatic hydroxyl groups excluding tert-OH is 2. The fourth-order valence-electron chi connectivity index (χ4n) is 2.09. The Labute approximate surface area is 111 Å². The lowest BCUT2D eigenvalue weighted by molar-refractivity contribution is 0.115. The van der Waals surface area contributed by atoms with Crippen LogP contribution in [0.2, 0.25) is 0 Å². The van der Waals surface area contributed by atoms with Gasteiger partial charge in [-0.15, -0.1) is 11.3 Å². The molecule has 18 heavy (non-hydrogen) atoms. The lowest BCUT2D eigenvalue weighted by Crippen LogP contribution is -2.37. The first-order valence-electron chi connectivity index (χ1n) is 5.86. The van der Waals surface area contributed by atoms with Crippen molar-refractivity contribution in [3.05, 3.63) is 52.0 Å². The molecule has 0 saturated heterocycles. The van der Waals surface area contributed by atoms with E-state index >= 15 is 0 Å². The molecule has 1 heterocycles. The maximum Gasteiger partial charge on any atom is 0.0794 e. The largest absolute Gasteiger partial charge is 0.395 e. The number of thiazole rings is 1. The summed E-state index contributed by atoms with van der Waals surface area (Å²) in [6.45, 7) is 1.82. The number of benzene rings is 1. The third-order valence-electron chi connectivity index (χ3n) is 3.24. The summed E-state index contributed by atoms with van der Waals surface area (Å²) in [6, 6.07) is 7.92. The fraction of sp³-hybridized carbons (Fsp3) is 0.357. The number of rotatable bonds is 5. The molecule has 0 aliphatic heterocycles. The molecule has 0 radical (unpaired) electrons. The average Bonchev–Trinajstić information content (AvgIpc) is 2.89. The summed E-state index contributed by atoms with van der Waals surface area (Å²) < 4.78 is 0. The first kappa shape index (κ1) is 13.2. The molecule has 96 valence electrons. The molecule has 1 aromatic carbocycles. The van der Waals surface area contributed by atoms with E-state index in [1.165, 1.54) is 11.3 Å². The third kappa shape index (κ3) is 2.61. The summed E-state index contributed by atoms with van der Waals surface area (Å²) in [6.07, 6.45) is 0.549. The first-order chi connectivity index (χ1) is 8.70. The Kier molecular flexibility index (Phi) is 4.11. The van der Waals surface area contributed by atoms with Crippen LogP contribution >= 0.6 is 11.3 Å². The molecule has 0 saturated carbocycles. The number of nitrogens with zero attached hydrogens (tertiary/aromatic N) is 1. The second kappa shape index (κ2) is 5.61. The molecule has 2 aromatic rings. The zero-order valence-electron chi connectivity index (χ0n) is 10.3. The molecule has 0 spiro atoms. The van der Waals surface area contributed by atoms with Crippen LogP contribution < -0.4 is 0 Å². The van der Waals surface area contributed by atoms with Crippen LogP contribution in [-0.2, 0) is 11.8 Å². The highest BCUT2D eigenvalue weighted by Crippen LogP contribution is 2.28. The van der Waals surface area contributed by atoms with E-state index in [1.54, 1.807) is 5.51 Å². The van der Waals surface area contributed by atoms with Crippen molar-refractivity contribution in [2.24, 2.45) is 0 Å². The van der Waals surface area contributed by atoms with Crippen LogP contribution in [-0.4, -0.2) is 28.4 Å². The minimum Gasteiger partial charge on any atom is -0.395 e. The van der Waals surface area contributed by atoms with Gasteiger partial charge >= 0.3 is 0 Å². The van der Waals surface area contributed by atoms with E-state index in [-0.39, 0.29) is 13.2 Å². The SMILES string of the molecule is Cc1cccc(C(CO)(CO)Cc2cscn2)c1. The summed E-state index contributed by atoms with van der Waals surface area (Å²) in [5.41, 5.74) is 4.10. The highest BCUT2D eigenvalue weighted by atomic mass is 32.1. The molecular weight excluding hydrogens is 246 g/mol. The highest BCUT2D eigenvalue weighted by molar-refractivity contribution is 7.07. The van der Waals surface area contributed by atoms with Gasteiger partial charge in [-0.05, 0) is 12.5 Å². The molecular formula is C14H17NO2S. The monoisotopic (exact) mass is 263 g/mol. The van der Waals surface area contributed by atoms with Gasteiger partial charge in [0.05, 0.1) is 24.4 Å². The van der Waals surface area contributed by atoms with Crippen LogP contribution in [0.3, 0.4) is 0 Å². The Balaban J connectivity index is 2.37. The van der Waals surface area contributed by atoms with E-state index in [0.29, 0.717) is 6.42 Å². The van der Waals surface area contributed by atoms with E-state index in [1.807, 2.05) is 36.6 Å². The van der Waals surface area contributed by atoms with Crippen LogP contribution in [0.5, 0.6) is 0 Å². The van der Waals surface area contributed by atoms with Crippen molar-refractivity contribution < 1.29 is 10.2 Å². The van der Waals surface area contributed by atoms with E-state index in [4.69, 9.17) is 0 Å². The van der Waals surface area contributed by atoms with Crippen LogP contribution in [0.15, 0.2) is 35.2 Å². The topological polar surface area (TPSA) is 53.4 Å². The van der Waals surface area contributed by atoms with Crippen molar-refractivity contribution in [3.63, 3.8) is 0 Å². The summed E-state index contributed by atoms with van der Waals surface area (Å²) in [4.78, 5) is 4.24. The summed E-state index contributed by atoms with van der Waals surface area (Å²) in [5, 5.41) is 21.4. The predicted molar refractivity (Wildman–Crippen MR) is 72.8 cm³/mol. The molecule has 4 heteroatoms. The Morgan fingerprint density at radius 1 is 1.28 bits per heavy atom. The molecule has 0 bridgehead atoms. The van der Waals surface area contributed by atoms with Crippen LogP contribution in [0.25, 0.3) is 0 Å². The predicted octanol–water partition coefficient (Wildman–Crippen LogP) is 1.92. The van der Waals surface area contributed by atoms with E-state index in [9.17, 15) is 10.2 Å². The van der Waals surface area contributed by atoms with E-state index < -0.39 is 5.41 Å². The minimum atomic E-state index is -0.653. The average molecular weight is 263 g/mol. The normalized spacial score (nSPS) is 11.7. The van der Waals surface area contributed by atoms with Gasteiger partial charge in [0, 0.05) is 17.2 Å². The zero-order chi connectivity index (χ0) is 13.0. The Morgan fingerprint density at radius 2 is 2.06 bits per heavy atom. The molecule has 0 atom stereocenters. The standard InChI is InChI=1S/C14H17NO2S/c1-11-3-2-4-12(5-11)14(8-16,9-17)6-13-7-18-10-15-13/h2-5,7,10,16-17H,6,8-9H2,1H3. The molecule has 0 fully saturated rings. The quantitative estimate of drug-likeness (QED) is 0.866. The summed E-state index contributed by atoms with van der Waals surface area (Å²) in [5.74, 6) is 0. The Bertz CT molecular complexity index is 492. The van der Waals surface area contributed by atoms with Gasteiger partial charge in [-0.2, -0.15) is 0 Å². The van der Waals surface area contributed by atoms with Crippen molar-refractivity contribution in [1.82, 2.24) is 4.98 Å². The number of hydrogen-bond acceptors (Lipinski definition) is 4. The lowest BCUT2D eigenvalue weighted by atomic mass is 9.77. The maximum atomic E-state index is 9.74. The van der Waals surface area contributed by atoms with Gasteiger partial charge in [0.15, 0.2) is 0 Å². The Morgan fingerprint density at radius 3 is 2.61 bits per heavy atom. The smallest absolute Gasteiger partial charge is 0.0794 e. The van der Waals surface area contributed by atoms with Crippen molar-refractivity contribution in [3.8, 4) is 0 Å².